The third-order valence-electron chi connectivity index (χ3n) is 2.29. The molecule has 0 unspecified atom stereocenters. The molecule has 1 rings (SSSR count). The number of rotatable bonds is 4. The van der Waals surface area contributed by atoms with Gasteiger partial charge in [0, 0.05) is 0 Å². The van der Waals surface area contributed by atoms with Crippen LogP contribution in [0, 0.1) is 34.0 Å². The van der Waals surface area contributed by atoms with Crippen molar-refractivity contribution in [2.45, 2.75) is 4.90 Å². The number of nitriles is 3. The highest BCUT2D eigenvalue weighted by atomic mass is 32.2. The maximum atomic E-state index is 11.8. The zero-order valence-electron chi connectivity index (χ0n) is 10.4. The summed E-state index contributed by atoms with van der Waals surface area (Å²) >= 11 is 0. The average molecular weight is 287 g/mol. The lowest BCUT2D eigenvalue weighted by Gasteiger charge is -2.10. The van der Waals surface area contributed by atoms with E-state index in [9.17, 15) is 8.42 Å². The summed E-state index contributed by atoms with van der Waals surface area (Å²) in [4.78, 5) is -0.0921. The van der Waals surface area contributed by atoms with E-state index in [0.29, 0.717) is 0 Å². The maximum absolute atomic E-state index is 11.8. The van der Waals surface area contributed by atoms with Crippen molar-refractivity contribution >= 4 is 15.7 Å². The van der Waals surface area contributed by atoms with Crippen LogP contribution in [0.1, 0.15) is 0 Å². The Hall–Kier alpha value is -2.86. The Bertz CT molecular complexity index is 759. The monoisotopic (exact) mass is 287 g/mol. The lowest BCUT2D eigenvalue weighted by molar-refractivity contribution is 0.588. The number of hydrogen-bond donors (Lipinski definition) is 2. The Morgan fingerprint density at radius 2 is 1.70 bits per heavy atom. The van der Waals surface area contributed by atoms with Crippen molar-refractivity contribution in [2.24, 2.45) is 0 Å². The Kier molecular flexibility index (Phi) is 4.82. The van der Waals surface area contributed by atoms with Gasteiger partial charge >= 0.3 is 0 Å². The summed E-state index contributed by atoms with van der Waals surface area (Å²) in [6.07, 6.45) is 0. The fourth-order valence-electron chi connectivity index (χ4n) is 1.33. The fraction of sp³-hybridized carbons (Fsp3) is 0.0833. The molecule has 0 spiro atoms. The number of para-hydroxylation sites is 1. The van der Waals surface area contributed by atoms with E-state index in [1.54, 1.807) is 24.3 Å². The molecule has 8 heteroatoms. The van der Waals surface area contributed by atoms with Crippen LogP contribution < -0.4 is 10.0 Å². The van der Waals surface area contributed by atoms with Crippen LogP contribution in [-0.2, 0) is 10.0 Å². The molecule has 0 aliphatic heterocycles. The molecule has 2 N–H and O–H groups in total. The minimum atomic E-state index is -3.73. The second kappa shape index (κ2) is 6.35. The van der Waals surface area contributed by atoms with Gasteiger partial charge in [0.15, 0.2) is 5.57 Å². The molecule has 0 atom stereocenters. The van der Waals surface area contributed by atoms with Crippen LogP contribution in [-0.4, -0.2) is 15.5 Å². The van der Waals surface area contributed by atoms with Crippen LogP contribution in [0.4, 0.5) is 5.69 Å². The molecule has 0 aromatic heterocycles. The first kappa shape index (κ1) is 15.2. The van der Waals surface area contributed by atoms with Crippen LogP contribution >= 0.6 is 0 Å². The summed E-state index contributed by atoms with van der Waals surface area (Å²) in [5.74, 6) is 0. The highest BCUT2D eigenvalue weighted by Crippen LogP contribution is 2.22. The highest BCUT2D eigenvalue weighted by molar-refractivity contribution is 7.89. The summed E-state index contributed by atoms with van der Waals surface area (Å²) in [5, 5.41) is 28.9. The van der Waals surface area contributed by atoms with Gasteiger partial charge in [0.05, 0.1) is 5.69 Å². The maximum Gasteiger partial charge on any atom is 0.242 e. The van der Waals surface area contributed by atoms with Crippen LogP contribution in [0.15, 0.2) is 40.4 Å². The molecule has 7 nitrogen and oxygen atoms in total. The van der Waals surface area contributed by atoms with Crippen molar-refractivity contribution in [1.29, 1.82) is 15.8 Å². The van der Waals surface area contributed by atoms with E-state index in [-0.39, 0.29) is 16.3 Å². The Morgan fingerprint density at radius 3 is 2.20 bits per heavy atom. The highest BCUT2D eigenvalue weighted by Gasteiger charge is 2.17. The molecule has 100 valence electrons. The van der Waals surface area contributed by atoms with E-state index < -0.39 is 15.6 Å². The van der Waals surface area contributed by atoms with Gasteiger partial charge in [0.25, 0.3) is 0 Å². The van der Waals surface area contributed by atoms with Gasteiger partial charge in [-0.1, -0.05) is 12.1 Å². The van der Waals surface area contributed by atoms with Crippen molar-refractivity contribution in [2.75, 3.05) is 12.4 Å². The zero-order valence-corrected chi connectivity index (χ0v) is 11.2. The normalized spacial score (nSPS) is 9.70. The van der Waals surface area contributed by atoms with E-state index in [2.05, 4.69) is 10.0 Å². The lowest BCUT2D eigenvalue weighted by Crippen LogP contribution is -2.20. The van der Waals surface area contributed by atoms with Gasteiger partial charge < -0.3 is 5.32 Å². The van der Waals surface area contributed by atoms with E-state index >= 15 is 0 Å². The molecule has 0 fully saturated rings. The molecule has 0 aliphatic carbocycles. The third kappa shape index (κ3) is 3.12. The first-order valence-corrected chi connectivity index (χ1v) is 6.72. The van der Waals surface area contributed by atoms with E-state index in [4.69, 9.17) is 15.8 Å². The number of allylic oxidation sites excluding steroid dienone is 2. The molecule has 0 heterocycles. The second-order valence-corrected chi connectivity index (χ2v) is 5.27. The van der Waals surface area contributed by atoms with E-state index in [1.165, 1.54) is 25.2 Å². The number of benzene rings is 1. The second-order valence-electron chi connectivity index (χ2n) is 3.41. The molecule has 0 aliphatic rings. The van der Waals surface area contributed by atoms with Crippen LogP contribution in [0.2, 0.25) is 0 Å². The van der Waals surface area contributed by atoms with Crippen molar-refractivity contribution in [3.05, 3.63) is 35.5 Å². The summed E-state index contributed by atoms with van der Waals surface area (Å²) in [5.41, 5.74) is -0.640. The van der Waals surface area contributed by atoms with Gasteiger partial charge in [-0.25, -0.2) is 13.1 Å². The van der Waals surface area contributed by atoms with Gasteiger partial charge in [-0.3, -0.25) is 0 Å². The van der Waals surface area contributed by atoms with E-state index in [0.717, 1.165) is 0 Å². The topological polar surface area (TPSA) is 130 Å². The smallest absolute Gasteiger partial charge is 0.242 e. The molecule has 0 saturated carbocycles. The molecular formula is C12H9N5O2S. The number of hydrogen-bond acceptors (Lipinski definition) is 6. The minimum Gasteiger partial charge on any atom is -0.344 e. The third-order valence-corrected chi connectivity index (χ3v) is 3.76. The minimum absolute atomic E-state index is 0.0921. The van der Waals surface area contributed by atoms with Crippen molar-refractivity contribution < 1.29 is 8.42 Å². The predicted molar refractivity (Wildman–Crippen MR) is 70.2 cm³/mol. The van der Waals surface area contributed by atoms with Gasteiger partial charge in [-0.05, 0) is 19.2 Å². The summed E-state index contributed by atoms with van der Waals surface area (Å²) in [6, 6.07) is 10.6. The summed E-state index contributed by atoms with van der Waals surface area (Å²) in [7, 11) is -2.48. The van der Waals surface area contributed by atoms with Crippen LogP contribution in [0.25, 0.3) is 0 Å². The molecular weight excluding hydrogens is 278 g/mol. The van der Waals surface area contributed by atoms with Gasteiger partial charge in [-0.2, -0.15) is 15.8 Å². The van der Waals surface area contributed by atoms with Crippen LogP contribution in [0.5, 0.6) is 0 Å². The Balaban J connectivity index is 3.40. The first-order valence-electron chi connectivity index (χ1n) is 5.24. The van der Waals surface area contributed by atoms with Crippen LogP contribution in [0.3, 0.4) is 0 Å². The number of nitrogens with one attached hydrogen (secondary N) is 2. The van der Waals surface area contributed by atoms with Gasteiger partial charge in [-0.15, -0.1) is 0 Å². The number of nitrogens with zero attached hydrogens (tertiary/aromatic N) is 3. The largest absolute Gasteiger partial charge is 0.344 e. The molecule has 0 radical (unpaired) electrons. The summed E-state index contributed by atoms with van der Waals surface area (Å²) in [6.45, 7) is 0. The van der Waals surface area contributed by atoms with Crippen molar-refractivity contribution in [3.8, 4) is 18.2 Å². The van der Waals surface area contributed by atoms with Gasteiger partial charge in [0.2, 0.25) is 10.0 Å². The molecule has 0 saturated heterocycles. The molecule has 20 heavy (non-hydrogen) atoms. The standard InChI is InChI=1S/C12H9N5O2S/c1-16-20(18,19)12-5-3-2-4-10(12)17-11(8-15)9(6-13)7-14/h2-5,16-17H,1H3. The van der Waals surface area contributed by atoms with Crippen molar-refractivity contribution in [1.82, 2.24) is 4.72 Å². The zero-order chi connectivity index (χ0) is 15.2. The van der Waals surface area contributed by atoms with E-state index in [1.807, 2.05) is 0 Å². The molecule has 1 aromatic rings. The molecule has 0 amide bonds. The first-order chi connectivity index (χ1) is 9.50. The number of anilines is 1. The quantitative estimate of drug-likeness (QED) is 0.789. The molecule has 1 aromatic carbocycles. The number of sulfonamides is 1. The van der Waals surface area contributed by atoms with Crippen molar-refractivity contribution in [3.63, 3.8) is 0 Å². The Morgan fingerprint density at radius 1 is 1.10 bits per heavy atom. The lowest BCUT2D eigenvalue weighted by atomic mass is 10.2. The summed E-state index contributed by atoms with van der Waals surface area (Å²) < 4.78 is 25.8. The SMILES string of the molecule is CNS(=O)(=O)c1ccccc1NC(C#N)=C(C#N)C#N. The molecule has 0 bridgehead atoms. The average Bonchev–Trinajstić information content (AvgIpc) is 2.47. The van der Waals surface area contributed by atoms with Gasteiger partial charge in [0.1, 0.15) is 28.8 Å². The fourth-order valence-corrected chi connectivity index (χ4v) is 2.22. The Labute approximate surface area is 116 Å². The predicted octanol–water partition coefficient (Wildman–Crippen LogP) is 0.831.